The average Bonchev–Trinajstić information content (AvgIpc) is 2.92. The van der Waals surface area contributed by atoms with Gasteiger partial charge in [0, 0.05) is 13.1 Å². The first kappa shape index (κ1) is 20.4. The number of aromatic nitrogens is 2. The van der Waals surface area contributed by atoms with Crippen molar-refractivity contribution >= 4 is 17.7 Å². The first-order chi connectivity index (χ1) is 11.7. The van der Waals surface area contributed by atoms with Gasteiger partial charge in [-0.3, -0.25) is 14.8 Å². The highest BCUT2D eigenvalue weighted by molar-refractivity contribution is 5.91. The van der Waals surface area contributed by atoms with Crippen molar-refractivity contribution < 1.29 is 24.0 Å². The molecule has 140 valence electrons. The van der Waals surface area contributed by atoms with Crippen LogP contribution in [0.1, 0.15) is 50.5 Å². The minimum atomic E-state index is -0.796. The molecule has 0 aliphatic rings. The van der Waals surface area contributed by atoms with Gasteiger partial charge in [0.25, 0.3) is 0 Å². The summed E-state index contributed by atoms with van der Waals surface area (Å²) in [6.45, 7) is 6.15. The normalized spacial score (nSPS) is 11.0. The lowest BCUT2D eigenvalue weighted by atomic mass is 10.2. The van der Waals surface area contributed by atoms with Crippen LogP contribution >= 0.6 is 0 Å². The number of carbonyl (C=O) groups excluding carboxylic acids is 2. The summed E-state index contributed by atoms with van der Waals surface area (Å²) in [5.41, 5.74) is -1.08. The molecule has 0 spiro atoms. The van der Waals surface area contributed by atoms with Crippen LogP contribution in [0.4, 0.5) is 10.5 Å². The van der Waals surface area contributed by atoms with Crippen LogP contribution in [0.5, 0.6) is 0 Å². The average molecular weight is 356 g/mol. The van der Waals surface area contributed by atoms with E-state index in [0.717, 1.165) is 19.7 Å². The van der Waals surface area contributed by atoms with Gasteiger partial charge in [-0.15, -0.1) is 0 Å². The number of hydrogen-bond donors (Lipinski definition) is 1. The Labute approximate surface area is 145 Å². The van der Waals surface area contributed by atoms with E-state index in [1.807, 2.05) is 0 Å². The molecule has 0 radical (unpaired) electrons. The lowest BCUT2D eigenvalue weighted by Crippen LogP contribution is -2.33. The predicted octanol–water partition coefficient (Wildman–Crippen LogP) is 2.27. The van der Waals surface area contributed by atoms with E-state index in [4.69, 9.17) is 4.74 Å². The zero-order valence-electron chi connectivity index (χ0n) is 14.9. The molecule has 10 heteroatoms. The van der Waals surface area contributed by atoms with Crippen molar-refractivity contribution in [1.29, 1.82) is 0 Å². The second-order valence-corrected chi connectivity index (χ2v) is 6.34. The molecule has 10 nitrogen and oxygen atoms in total. The Hall–Kier alpha value is -2.65. The number of hydrogen-bond acceptors (Lipinski definition) is 7. The summed E-state index contributed by atoms with van der Waals surface area (Å²) >= 11 is 0. The van der Waals surface area contributed by atoms with Gasteiger partial charge in [0.15, 0.2) is 0 Å². The van der Waals surface area contributed by atoms with Gasteiger partial charge in [0.05, 0.1) is 12.0 Å². The van der Waals surface area contributed by atoms with Gasteiger partial charge in [-0.2, -0.15) is 5.10 Å². The Balaban J connectivity index is 2.41. The van der Waals surface area contributed by atoms with E-state index in [9.17, 15) is 19.7 Å². The standard InChI is InChI=1S/C15H24N4O6/c1-15(2,3)25-14(21)16-8-6-5-7-9-18-12(13(20)24-4)11(10-17-18)19(22)23/h10H,5-9H2,1-4H3,(H,16,21). The van der Waals surface area contributed by atoms with Crippen molar-refractivity contribution in [3.8, 4) is 0 Å². The molecule has 1 rings (SSSR count). The molecule has 1 aromatic heterocycles. The summed E-state index contributed by atoms with van der Waals surface area (Å²) in [6, 6.07) is 0. The SMILES string of the molecule is COC(=O)c1c([N+](=O)[O-])cnn1CCCCCNC(=O)OC(C)(C)C. The van der Waals surface area contributed by atoms with E-state index in [1.54, 1.807) is 20.8 Å². The van der Waals surface area contributed by atoms with Gasteiger partial charge in [-0.05, 0) is 40.0 Å². The fourth-order valence-corrected chi connectivity index (χ4v) is 2.05. The zero-order chi connectivity index (χ0) is 19.0. The molecule has 25 heavy (non-hydrogen) atoms. The molecule has 0 saturated carbocycles. The van der Waals surface area contributed by atoms with Crippen molar-refractivity contribution in [3.63, 3.8) is 0 Å². The van der Waals surface area contributed by atoms with Crippen LogP contribution in [-0.2, 0) is 16.0 Å². The first-order valence-electron chi connectivity index (χ1n) is 7.91. The van der Waals surface area contributed by atoms with Crippen molar-refractivity contribution in [2.45, 2.75) is 52.2 Å². The van der Waals surface area contributed by atoms with Crippen molar-refractivity contribution in [1.82, 2.24) is 15.1 Å². The van der Waals surface area contributed by atoms with Gasteiger partial charge >= 0.3 is 17.7 Å². The molecule has 1 aromatic rings. The van der Waals surface area contributed by atoms with Crippen LogP contribution in [0.2, 0.25) is 0 Å². The van der Waals surface area contributed by atoms with Crippen molar-refractivity contribution in [2.24, 2.45) is 0 Å². The number of aryl methyl sites for hydroxylation is 1. The molecule has 0 fully saturated rings. The Bertz CT molecular complexity index is 620. The molecule has 1 amide bonds. The van der Waals surface area contributed by atoms with E-state index in [0.29, 0.717) is 25.9 Å². The number of alkyl carbamates (subject to hydrolysis) is 1. The highest BCUT2D eigenvalue weighted by Gasteiger charge is 2.27. The van der Waals surface area contributed by atoms with Crippen LogP contribution < -0.4 is 5.32 Å². The fourth-order valence-electron chi connectivity index (χ4n) is 2.05. The Kier molecular flexibility index (Phi) is 7.34. The first-order valence-corrected chi connectivity index (χ1v) is 7.91. The monoisotopic (exact) mass is 356 g/mol. The summed E-state index contributed by atoms with van der Waals surface area (Å²) in [4.78, 5) is 33.4. The molecule has 0 aromatic carbocycles. The summed E-state index contributed by atoms with van der Waals surface area (Å²) < 4.78 is 11.0. The number of esters is 1. The van der Waals surface area contributed by atoms with Crippen LogP contribution in [0, 0.1) is 10.1 Å². The fraction of sp³-hybridized carbons (Fsp3) is 0.667. The highest BCUT2D eigenvalue weighted by Crippen LogP contribution is 2.19. The minimum absolute atomic E-state index is 0.167. The van der Waals surface area contributed by atoms with E-state index in [-0.39, 0.29) is 11.4 Å². The summed E-state index contributed by atoms with van der Waals surface area (Å²) in [7, 11) is 1.16. The second kappa shape index (κ2) is 9.00. The van der Waals surface area contributed by atoms with Gasteiger partial charge < -0.3 is 14.8 Å². The number of carbonyl (C=O) groups is 2. The van der Waals surface area contributed by atoms with Crippen LogP contribution in [0.15, 0.2) is 6.20 Å². The number of nitrogens with zero attached hydrogens (tertiary/aromatic N) is 3. The molecule has 1 heterocycles. The molecule has 0 bridgehead atoms. The van der Waals surface area contributed by atoms with E-state index in [2.05, 4.69) is 15.2 Å². The Morgan fingerprint density at radius 3 is 2.56 bits per heavy atom. The van der Waals surface area contributed by atoms with Crippen LogP contribution in [0.25, 0.3) is 0 Å². The number of rotatable bonds is 8. The Morgan fingerprint density at radius 1 is 1.32 bits per heavy atom. The quantitative estimate of drug-likeness (QED) is 0.328. The molecular formula is C15H24N4O6. The number of nitrogens with one attached hydrogen (secondary N) is 1. The third-order valence-corrected chi connectivity index (χ3v) is 3.11. The largest absolute Gasteiger partial charge is 0.464 e. The van der Waals surface area contributed by atoms with Gasteiger partial charge in [0.2, 0.25) is 5.69 Å². The van der Waals surface area contributed by atoms with Crippen molar-refractivity contribution in [2.75, 3.05) is 13.7 Å². The molecule has 1 N–H and O–H groups in total. The summed E-state index contributed by atoms with van der Waals surface area (Å²) in [6.07, 6.45) is 2.65. The molecule has 0 atom stereocenters. The molecule has 0 aliphatic carbocycles. The smallest absolute Gasteiger partial charge is 0.407 e. The maximum atomic E-state index is 11.7. The van der Waals surface area contributed by atoms with E-state index >= 15 is 0 Å². The van der Waals surface area contributed by atoms with Gasteiger partial charge in [0.1, 0.15) is 11.8 Å². The van der Waals surface area contributed by atoms with Crippen molar-refractivity contribution in [3.05, 3.63) is 22.0 Å². The number of ether oxygens (including phenoxy) is 2. The topological polar surface area (TPSA) is 126 Å². The third kappa shape index (κ3) is 6.77. The second-order valence-electron chi connectivity index (χ2n) is 6.34. The van der Waals surface area contributed by atoms with Crippen LogP contribution in [0.3, 0.4) is 0 Å². The number of amides is 1. The van der Waals surface area contributed by atoms with Gasteiger partial charge in [-0.25, -0.2) is 9.59 Å². The zero-order valence-corrected chi connectivity index (χ0v) is 14.9. The summed E-state index contributed by atoms with van der Waals surface area (Å²) in [5, 5.41) is 17.5. The summed E-state index contributed by atoms with van der Waals surface area (Å²) in [5.74, 6) is -0.796. The van der Waals surface area contributed by atoms with E-state index < -0.39 is 22.6 Å². The number of nitro groups is 1. The molecule has 0 aliphatic heterocycles. The number of methoxy groups -OCH3 is 1. The van der Waals surface area contributed by atoms with E-state index in [1.165, 1.54) is 4.68 Å². The molecule has 0 saturated heterocycles. The predicted molar refractivity (Wildman–Crippen MR) is 88.3 cm³/mol. The van der Waals surface area contributed by atoms with Gasteiger partial charge in [-0.1, -0.05) is 0 Å². The molecular weight excluding hydrogens is 332 g/mol. The minimum Gasteiger partial charge on any atom is -0.464 e. The maximum Gasteiger partial charge on any atom is 0.407 e. The lowest BCUT2D eigenvalue weighted by molar-refractivity contribution is -0.385. The lowest BCUT2D eigenvalue weighted by Gasteiger charge is -2.19. The number of unbranched alkanes of at least 4 members (excludes halogenated alkanes) is 2. The van der Waals surface area contributed by atoms with Crippen LogP contribution in [-0.4, -0.2) is 46.0 Å². The maximum absolute atomic E-state index is 11.7. The molecule has 0 unspecified atom stereocenters. The Morgan fingerprint density at radius 2 is 2.00 bits per heavy atom. The third-order valence-electron chi connectivity index (χ3n) is 3.11. The highest BCUT2D eigenvalue weighted by atomic mass is 16.6.